The third-order valence-electron chi connectivity index (χ3n) is 4.34. The first-order valence-electron chi connectivity index (χ1n) is 10.2. The van der Waals surface area contributed by atoms with Crippen molar-refractivity contribution >= 4 is 40.1 Å². The minimum absolute atomic E-state index is 0.332. The van der Waals surface area contributed by atoms with E-state index in [1.807, 2.05) is 19.9 Å². The van der Waals surface area contributed by atoms with E-state index in [0.29, 0.717) is 51.0 Å². The molecule has 0 aliphatic heterocycles. The van der Waals surface area contributed by atoms with Gasteiger partial charge in [0.2, 0.25) is 11.6 Å². The van der Waals surface area contributed by atoms with Crippen molar-refractivity contribution < 1.29 is 18.6 Å². The van der Waals surface area contributed by atoms with Crippen LogP contribution < -0.4 is 24.8 Å². The average Bonchev–Trinajstić information content (AvgIpc) is 3.29. The van der Waals surface area contributed by atoms with E-state index in [0.717, 1.165) is 5.56 Å². The fourth-order valence-corrected chi connectivity index (χ4v) is 3.18. The molecule has 0 aliphatic carbocycles. The Morgan fingerprint density at radius 2 is 1.64 bits per heavy atom. The van der Waals surface area contributed by atoms with Crippen LogP contribution in [0.3, 0.4) is 0 Å². The second-order valence-corrected chi connectivity index (χ2v) is 6.68. The first-order valence-corrected chi connectivity index (χ1v) is 10.6. The van der Waals surface area contributed by atoms with Gasteiger partial charge in [0.05, 0.1) is 21.3 Å². The molecule has 3 heterocycles. The molecule has 0 amide bonds. The number of fused-ring (bicyclic) bond motifs is 1. The number of anilines is 2. The second kappa shape index (κ2) is 11.1. The van der Waals surface area contributed by atoms with E-state index >= 15 is 0 Å². The summed E-state index contributed by atoms with van der Waals surface area (Å²) in [6, 6.07) is 10.7. The van der Waals surface area contributed by atoms with Gasteiger partial charge in [0.25, 0.3) is 0 Å². The third kappa shape index (κ3) is 5.47. The van der Waals surface area contributed by atoms with Gasteiger partial charge in [0.1, 0.15) is 5.82 Å². The Hall–Kier alpha value is -3.92. The summed E-state index contributed by atoms with van der Waals surface area (Å²) in [7, 11) is 4.65. The monoisotopic (exact) mass is 467 g/mol. The maximum Gasteiger partial charge on any atom is 0.229 e. The molecule has 1 aromatic carbocycles. The molecule has 2 N–H and O–H groups in total. The zero-order valence-electron chi connectivity index (χ0n) is 19.0. The van der Waals surface area contributed by atoms with Gasteiger partial charge in [0, 0.05) is 35.8 Å². The maximum atomic E-state index is 5.77. The molecule has 0 bridgehead atoms. The van der Waals surface area contributed by atoms with E-state index in [1.165, 1.54) is 0 Å². The zero-order valence-corrected chi connectivity index (χ0v) is 19.8. The molecule has 4 aromatic rings. The highest BCUT2D eigenvalue weighted by Crippen LogP contribution is 2.40. The van der Waals surface area contributed by atoms with Crippen molar-refractivity contribution in [3.8, 4) is 28.7 Å². The number of methoxy groups -OCH3 is 3. The van der Waals surface area contributed by atoms with E-state index in [9.17, 15) is 0 Å². The van der Waals surface area contributed by atoms with Crippen molar-refractivity contribution in [2.24, 2.45) is 0 Å². The average molecular weight is 468 g/mol. The van der Waals surface area contributed by atoms with Crippen LogP contribution in [0.25, 0.3) is 22.7 Å². The predicted molar refractivity (Wildman–Crippen MR) is 132 cm³/mol. The van der Waals surface area contributed by atoms with Gasteiger partial charge in [-0.2, -0.15) is 4.98 Å². The van der Waals surface area contributed by atoms with Gasteiger partial charge < -0.3 is 29.3 Å². The second-order valence-electron chi connectivity index (χ2n) is 6.27. The smallest absolute Gasteiger partial charge is 0.229 e. The van der Waals surface area contributed by atoms with Crippen LogP contribution in [0.15, 0.2) is 53.2 Å². The molecule has 9 nitrogen and oxygen atoms in total. The van der Waals surface area contributed by atoms with Gasteiger partial charge >= 0.3 is 0 Å². The van der Waals surface area contributed by atoms with Crippen LogP contribution in [0, 0.1) is 0 Å². The summed E-state index contributed by atoms with van der Waals surface area (Å²) in [5, 5.41) is 6.47. The fraction of sp³-hybridized carbons (Fsp3) is 0.217. The van der Waals surface area contributed by atoms with Gasteiger partial charge in [0.15, 0.2) is 27.8 Å². The van der Waals surface area contributed by atoms with Crippen LogP contribution in [0.1, 0.15) is 13.8 Å². The normalized spacial score (nSPS) is 10.1. The molecule has 33 heavy (non-hydrogen) atoms. The summed E-state index contributed by atoms with van der Waals surface area (Å²) < 4.78 is 21.8. The van der Waals surface area contributed by atoms with Crippen molar-refractivity contribution in [3.63, 3.8) is 0 Å². The number of ether oxygens (including phenoxy) is 3. The summed E-state index contributed by atoms with van der Waals surface area (Å²) in [6.45, 7) is 4.00. The molecule has 0 fully saturated rings. The van der Waals surface area contributed by atoms with Crippen molar-refractivity contribution in [2.75, 3.05) is 32.0 Å². The van der Waals surface area contributed by atoms with Crippen LogP contribution in [-0.4, -0.2) is 41.4 Å². The number of nitrogens with one attached hydrogen (secondary N) is 2. The molecule has 0 atom stereocenters. The lowest BCUT2D eigenvalue weighted by Crippen LogP contribution is -2.19. The minimum Gasteiger partial charge on any atom is -0.493 e. The molecule has 0 radical (unpaired) electrons. The van der Waals surface area contributed by atoms with E-state index in [4.69, 9.17) is 30.8 Å². The van der Waals surface area contributed by atoms with Crippen LogP contribution in [-0.2, 0) is 0 Å². The van der Waals surface area contributed by atoms with Crippen LogP contribution >= 0.6 is 12.2 Å². The van der Waals surface area contributed by atoms with E-state index in [-0.39, 0.29) is 0 Å². The maximum absolute atomic E-state index is 5.77. The molecule has 0 unspecified atom stereocenters. The molecule has 4 rings (SSSR count). The van der Waals surface area contributed by atoms with E-state index in [1.54, 1.807) is 64.1 Å². The number of hydrogen-bond acceptors (Lipinski definition) is 8. The minimum atomic E-state index is 0.332. The topological polar surface area (TPSA) is 104 Å². The Kier molecular flexibility index (Phi) is 7.98. The van der Waals surface area contributed by atoms with Crippen LogP contribution in [0.4, 0.5) is 11.5 Å². The summed E-state index contributed by atoms with van der Waals surface area (Å²) in [4.78, 5) is 12.9. The predicted octanol–water partition coefficient (Wildman–Crippen LogP) is 5.15. The van der Waals surface area contributed by atoms with Gasteiger partial charge in [-0.1, -0.05) is 13.8 Å². The fourth-order valence-electron chi connectivity index (χ4n) is 2.96. The Bertz CT molecular complexity index is 1190. The number of hydrogen-bond donors (Lipinski definition) is 2. The first kappa shape index (κ1) is 23.7. The van der Waals surface area contributed by atoms with Gasteiger partial charge in [-0.25, -0.2) is 9.97 Å². The van der Waals surface area contributed by atoms with E-state index in [2.05, 4.69) is 25.6 Å². The van der Waals surface area contributed by atoms with Crippen LogP contribution in [0.2, 0.25) is 0 Å². The summed E-state index contributed by atoms with van der Waals surface area (Å²) >= 11 is 5.43. The SMILES string of the molecule is CC.COc1cc(NC(=S)Nc2cc(-c3nc4ncccc4o3)ccn2)cc(OC)c1OC. The molecule has 0 saturated carbocycles. The highest BCUT2D eigenvalue weighted by Gasteiger charge is 2.14. The molecule has 0 saturated heterocycles. The lowest BCUT2D eigenvalue weighted by molar-refractivity contribution is 0.324. The first-order chi connectivity index (χ1) is 16.1. The molecule has 10 heteroatoms. The summed E-state index contributed by atoms with van der Waals surface area (Å²) in [6.07, 6.45) is 3.31. The molecule has 0 spiro atoms. The number of benzene rings is 1. The van der Waals surface area contributed by atoms with E-state index < -0.39 is 0 Å². The quantitative estimate of drug-likeness (QED) is 0.370. The van der Waals surface area contributed by atoms with Crippen molar-refractivity contribution in [1.29, 1.82) is 0 Å². The highest BCUT2D eigenvalue weighted by molar-refractivity contribution is 7.80. The lowest BCUT2D eigenvalue weighted by atomic mass is 10.2. The molecule has 172 valence electrons. The molecular formula is C23H25N5O4S. The molecule has 3 aromatic heterocycles. The Morgan fingerprint density at radius 3 is 2.27 bits per heavy atom. The largest absolute Gasteiger partial charge is 0.493 e. The Labute approximate surface area is 197 Å². The van der Waals surface area contributed by atoms with Crippen LogP contribution in [0.5, 0.6) is 17.2 Å². The zero-order chi connectivity index (χ0) is 23.8. The third-order valence-corrected chi connectivity index (χ3v) is 4.54. The number of pyridine rings is 2. The number of nitrogens with zero attached hydrogens (tertiary/aromatic N) is 3. The highest BCUT2D eigenvalue weighted by atomic mass is 32.1. The lowest BCUT2D eigenvalue weighted by Gasteiger charge is -2.16. The summed E-state index contributed by atoms with van der Waals surface area (Å²) in [5.74, 6) is 2.49. The molecular weight excluding hydrogens is 442 g/mol. The number of rotatable bonds is 6. The summed E-state index contributed by atoms with van der Waals surface area (Å²) in [5.41, 5.74) is 2.56. The Balaban J connectivity index is 0.00000149. The standard InChI is InChI=1S/C21H19N5O4S.C2H6/c1-27-15-10-13(11-16(28-2)18(15)29-3)24-21(31)25-17-9-12(6-8-22-17)20-26-19-14(30-20)5-4-7-23-19;1-2/h4-11H,1-3H3,(H2,22,24,25,31);1-2H3. The van der Waals surface area contributed by atoms with Gasteiger partial charge in [-0.3, -0.25) is 0 Å². The van der Waals surface area contributed by atoms with Crippen molar-refractivity contribution in [2.45, 2.75) is 13.8 Å². The number of aromatic nitrogens is 3. The number of thiocarbonyl (C=S) groups is 1. The van der Waals surface area contributed by atoms with Gasteiger partial charge in [-0.05, 0) is 36.5 Å². The van der Waals surface area contributed by atoms with Crippen molar-refractivity contribution in [3.05, 3.63) is 48.8 Å². The number of oxazole rings is 1. The van der Waals surface area contributed by atoms with Gasteiger partial charge in [-0.15, -0.1) is 0 Å². The molecule has 0 aliphatic rings. The Morgan fingerprint density at radius 1 is 0.909 bits per heavy atom. The van der Waals surface area contributed by atoms with Crippen molar-refractivity contribution in [1.82, 2.24) is 15.0 Å².